The van der Waals surface area contributed by atoms with Crippen molar-refractivity contribution >= 4 is 28.5 Å². The molecule has 1 unspecified atom stereocenters. The molecule has 7 nitrogen and oxygen atoms in total. The quantitative estimate of drug-likeness (QED) is 0.422. The zero-order valence-corrected chi connectivity index (χ0v) is 22.4. The van der Waals surface area contributed by atoms with E-state index in [1.165, 1.54) is 0 Å². The summed E-state index contributed by atoms with van der Waals surface area (Å²) in [5, 5.41) is 11.3. The van der Waals surface area contributed by atoms with Gasteiger partial charge in [0.1, 0.15) is 17.5 Å². The molecule has 0 radical (unpaired) electrons. The average molecular weight is 512 g/mol. The lowest BCUT2D eigenvalue weighted by Gasteiger charge is -2.33. The first kappa shape index (κ1) is 25.6. The first-order chi connectivity index (χ1) is 18.1. The second-order valence-electron chi connectivity index (χ2n) is 11.1. The molecular weight excluding hydrogens is 478 g/mol. The molecule has 1 saturated heterocycles. The van der Waals surface area contributed by atoms with E-state index in [1.807, 2.05) is 68.1 Å². The summed E-state index contributed by atoms with van der Waals surface area (Å²) in [6.45, 7) is 8.41. The van der Waals surface area contributed by atoms with Crippen LogP contribution in [0.3, 0.4) is 0 Å². The number of ether oxygens (including phenoxy) is 2. The van der Waals surface area contributed by atoms with Crippen molar-refractivity contribution in [1.29, 1.82) is 5.26 Å². The van der Waals surface area contributed by atoms with Crippen molar-refractivity contribution < 1.29 is 19.1 Å². The molecule has 2 amide bonds. The first-order valence-corrected chi connectivity index (χ1v) is 13.1. The Morgan fingerprint density at radius 1 is 0.974 bits per heavy atom. The molecule has 196 valence electrons. The molecule has 0 aromatic heterocycles. The molecule has 2 aliphatic heterocycles. The highest BCUT2D eigenvalue weighted by atomic mass is 16.6. The van der Waals surface area contributed by atoms with Crippen LogP contribution in [-0.2, 0) is 16.0 Å². The molecule has 3 aromatic carbocycles. The minimum Gasteiger partial charge on any atom is -0.490 e. The first-order valence-electron chi connectivity index (χ1n) is 13.1. The van der Waals surface area contributed by atoms with Crippen molar-refractivity contribution in [2.45, 2.75) is 64.7 Å². The number of likely N-dealkylation sites (tertiary alicyclic amines) is 1. The van der Waals surface area contributed by atoms with E-state index in [0.717, 1.165) is 46.2 Å². The number of amides is 2. The van der Waals surface area contributed by atoms with Crippen molar-refractivity contribution in [1.82, 2.24) is 4.90 Å². The van der Waals surface area contributed by atoms with Crippen molar-refractivity contribution in [3.8, 4) is 11.8 Å². The summed E-state index contributed by atoms with van der Waals surface area (Å²) in [5.74, 6) is 0.767. The fourth-order valence-corrected chi connectivity index (χ4v) is 5.37. The van der Waals surface area contributed by atoms with E-state index in [4.69, 9.17) is 9.47 Å². The number of carbonyl (C=O) groups is 2. The molecule has 1 atom stereocenters. The summed E-state index contributed by atoms with van der Waals surface area (Å²) < 4.78 is 11.8. The van der Waals surface area contributed by atoms with Gasteiger partial charge in [0.05, 0.1) is 17.7 Å². The van der Waals surface area contributed by atoms with E-state index in [-0.39, 0.29) is 24.1 Å². The summed E-state index contributed by atoms with van der Waals surface area (Å²) in [5.41, 5.74) is 3.12. The van der Waals surface area contributed by atoms with Crippen LogP contribution in [0.1, 0.15) is 63.3 Å². The number of rotatable bonds is 3. The number of carbonyl (C=O) groups excluding carboxylic acids is 2. The maximum absolute atomic E-state index is 12.7. The molecule has 7 heteroatoms. The molecule has 0 aliphatic carbocycles. The van der Waals surface area contributed by atoms with Crippen LogP contribution in [0, 0.1) is 11.3 Å². The van der Waals surface area contributed by atoms with Gasteiger partial charge >= 0.3 is 6.09 Å². The van der Waals surface area contributed by atoms with Gasteiger partial charge in [-0.1, -0.05) is 18.2 Å². The predicted octanol–water partition coefficient (Wildman–Crippen LogP) is 6.14. The van der Waals surface area contributed by atoms with E-state index in [9.17, 15) is 14.9 Å². The Balaban J connectivity index is 1.30. The average Bonchev–Trinajstić information content (AvgIpc) is 3.26. The highest BCUT2D eigenvalue weighted by molar-refractivity contribution is 5.95. The van der Waals surface area contributed by atoms with Crippen LogP contribution >= 0.6 is 0 Å². The van der Waals surface area contributed by atoms with Crippen LogP contribution in [-0.4, -0.2) is 41.7 Å². The van der Waals surface area contributed by atoms with Crippen LogP contribution in [0.2, 0.25) is 0 Å². The fourth-order valence-electron chi connectivity index (χ4n) is 5.37. The molecule has 0 spiro atoms. The SMILES string of the molecule is CC(=O)N1c2ccc(OC3CCN(C(=O)OC(C)(C)C)CC3)cc2CC1c1ccc2ccc(C#N)cc2c1. The van der Waals surface area contributed by atoms with E-state index >= 15 is 0 Å². The number of piperidine rings is 1. The highest BCUT2D eigenvalue weighted by Gasteiger charge is 2.34. The molecular formula is C31H33N3O4. The number of benzene rings is 3. The maximum atomic E-state index is 12.7. The molecule has 2 aliphatic rings. The monoisotopic (exact) mass is 511 g/mol. The molecule has 0 N–H and O–H groups in total. The molecule has 1 fully saturated rings. The Labute approximate surface area is 223 Å². The van der Waals surface area contributed by atoms with Crippen molar-refractivity contribution in [2.75, 3.05) is 18.0 Å². The third kappa shape index (κ3) is 5.31. The van der Waals surface area contributed by atoms with Gasteiger partial charge in [-0.15, -0.1) is 0 Å². The summed E-state index contributed by atoms with van der Waals surface area (Å²) in [6, 6.07) is 19.9. The van der Waals surface area contributed by atoms with Crippen LogP contribution in [0.25, 0.3) is 10.8 Å². The second kappa shape index (κ2) is 10.0. The van der Waals surface area contributed by atoms with Gasteiger partial charge in [0, 0.05) is 38.5 Å². The van der Waals surface area contributed by atoms with Gasteiger partial charge in [-0.2, -0.15) is 5.26 Å². The summed E-state index contributed by atoms with van der Waals surface area (Å²) in [6.07, 6.45) is 1.90. The van der Waals surface area contributed by atoms with Gasteiger partial charge in [-0.3, -0.25) is 4.79 Å². The Morgan fingerprint density at radius 3 is 2.39 bits per heavy atom. The maximum Gasteiger partial charge on any atom is 0.410 e. The normalized spacial score (nSPS) is 17.7. The number of nitriles is 1. The van der Waals surface area contributed by atoms with Gasteiger partial charge in [0.2, 0.25) is 5.91 Å². The van der Waals surface area contributed by atoms with E-state index in [2.05, 4.69) is 18.2 Å². The number of anilines is 1. The van der Waals surface area contributed by atoms with Gasteiger partial charge < -0.3 is 19.3 Å². The van der Waals surface area contributed by atoms with E-state index in [0.29, 0.717) is 25.1 Å². The zero-order valence-electron chi connectivity index (χ0n) is 22.4. The Hall–Kier alpha value is -4.05. The standard InChI is InChI=1S/C31H33N3O4/c1-20(35)34-28-10-9-27(37-26-11-13-33(14-12-26)30(36)38-31(2,3)4)17-25(28)18-29(34)23-8-7-22-6-5-21(19-32)15-24(22)16-23/h5-10,15-17,26,29H,11-14,18H2,1-4H3. The molecule has 2 heterocycles. The van der Waals surface area contributed by atoms with Crippen LogP contribution in [0.5, 0.6) is 5.75 Å². The molecule has 5 rings (SSSR count). The summed E-state index contributed by atoms with van der Waals surface area (Å²) in [4.78, 5) is 28.7. The van der Waals surface area contributed by atoms with Crippen molar-refractivity contribution in [2.24, 2.45) is 0 Å². The topological polar surface area (TPSA) is 82.9 Å². The smallest absolute Gasteiger partial charge is 0.410 e. The number of hydrogen-bond acceptors (Lipinski definition) is 5. The lowest BCUT2D eigenvalue weighted by atomic mass is 9.98. The molecule has 3 aromatic rings. The second-order valence-corrected chi connectivity index (χ2v) is 11.1. The van der Waals surface area contributed by atoms with Crippen LogP contribution < -0.4 is 9.64 Å². The number of nitrogens with zero attached hydrogens (tertiary/aromatic N) is 3. The summed E-state index contributed by atoms with van der Waals surface area (Å²) in [7, 11) is 0. The minimum atomic E-state index is -0.507. The van der Waals surface area contributed by atoms with Gasteiger partial charge in [0.25, 0.3) is 0 Å². The summed E-state index contributed by atoms with van der Waals surface area (Å²) >= 11 is 0. The lowest BCUT2D eigenvalue weighted by Crippen LogP contribution is -2.44. The Bertz CT molecular complexity index is 1430. The molecule has 38 heavy (non-hydrogen) atoms. The van der Waals surface area contributed by atoms with Gasteiger partial charge in [-0.25, -0.2) is 4.79 Å². The third-order valence-corrected chi connectivity index (χ3v) is 7.15. The minimum absolute atomic E-state index is 0.0113. The highest BCUT2D eigenvalue weighted by Crippen LogP contribution is 2.43. The van der Waals surface area contributed by atoms with Crippen molar-refractivity contribution in [3.63, 3.8) is 0 Å². The number of hydrogen-bond donors (Lipinski definition) is 0. The van der Waals surface area contributed by atoms with Crippen molar-refractivity contribution in [3.05, 3.63) is 71.3 Å². The third-order valence-electron chi connectivity index (χ3n) is 7.15. The van der Waals surface area contributed by atoms with Crippen LogP contribution in [0.15, 0.2) is 54.6 Å². The van der Waals surface area contributed by atoms with Gasteiger partial charge in [0.15, 0.2) is 0 Å². The Kier molecular flexibility index (Phi) is 6.75. The Morgan fingerprint density at radius 2 is 1.71 bits per heavy atom. The predicted molar refractivity (Wildman–Crippen MR) is 146 cm³/mol. The molecule has 0 bridgehead atoms. The lowest BCUT2D eigenvalue weighted by molar-refractivity contribution is -0.116. The molecule has 0 saturated carbocycles. The largest absolute Gasteiger partial charge is 0.490 e. The van der Waals surface area contributed by atoms with E-state index < -0.39 is 5.60 Å². The van der Waals surface area contributed by atoms with E-state index in [1.54, 1.807) is 11.8 Å². The van der Waals surface area contributed by atoms with Crippen LogP contribution in [0.4, 0.5) is 10.5 Å². The fraction of sp³-hybridized carbons (Fsp3) is 0.387. The van der Waals surface area contributed by atoms with Gasteiger partial charge in [-0.05, 0) is 85.5 Å². The zero-order chi connectivity index (χ0) is 27.0. The number of fused-ring (bicyclic) bond motifs is 2.